The topological polar surface area (TPSA) is 68.2 Å². The lowest BCUT2D eigenvalue weighted by Crippen LogP contribution is -1.95. The molecule has 0 spiro atoms. The zero-order chi connectivity index (χ0) is 17.4. The second-order valence-electron chi connectivity index (χ2n) is 6.35. The average Bonchev–Trinajstić information content (AvgIpc) is 2.95. The van der Waals surface area contributed by atoms with Crippen molar-refractivity contribution in [1.29, 1.82) is 0 Å². The Kier molecular flexibility index (Phi) is 4.01. The highest BCUT2D eigenvalue weighted by Crippen LogP contribution is 2.37. The molecule has 0 aliphatic rings. The van der Waals surface area contributed by atoms with E-state index >= 15 is 0 Å². The van der Waals surface area contributed by atoms with Crippen LogP contribution in [0.3, 0.4) is 0 Å². The third-order valence-electron chi connectivity index (χ3n) is 4.20. The lowest BCUT2D eigenvalue weighted by Gasteiger charge is -2.13. The monoisotopic (exact) mass is 324 g/mol. The van der Waals surface area contributed by atoms with Crippen LogP contribution < -0.4 is 4.74 Å². The van der Waals surface area contributed by atoms with Gasteiger partial charge < -0.3 is 9.72 Å². The molecular weight excluding hydrogens is 304 g/mol. The first kappa shape index (κ1) is 16.1. The van der Waals surface area contributed by atoms with Gasteiger partial charge in [0.25, 0.3) is 5.69 Å². The molecule has 5 nitrogen and oxygen atoms in total. The van der Waals surface area contributed by atoms with E-state index in [4.69, 9.17) is 4.74 Å². The second kappa shape index (κ2) is 6.00. The molecule has 124 valence electrons. The van der Waals surface area contributed by atoms with E-state index in [1.54, 1.807) is 0 Å². The van der Waals surface area contributed by atoms with Gasteiger partial charge in [-0.1, -0.05) is 26.0 Å². The molecule has 2 aromatic carbocycles. The molecule has 0 atom stereocenters. The quantitative estimate of drug-likeness (QED) is 0.501. The van der Waals surface area contributed by atoms with Crippen molar-refractivity contribution in [3.63, 3.8) is 0 Å². The first-order valence-electron chi connectivity index (χ1n) is 7.92. The van der Waals surface area contributed by atoms with Gasteiger partial charge in [0, 0.05) is 23.7 Å². The Balaban J connectivity index is 2.06. The number of fused-ring (bicyclic) bond motifs is 1. The highest BCUT2D eigenvalue weighted by Gasteiger charge is 2.16. The van der Waals surface area contributed by atoms with Crippen LogP contribution in [0.25, 0.3) is 10.9 Å². The van der Waals surface area contributed by atoms with Crippen molar-refractivity contribution >= 4 is 16.6 Å². The minimum Gasteiger partial charge on any atom is -0.455 e. The summed E-state index contributed by atoms with van der Waals surface area (Å²) >= 11 is 0. The van der Waals surface area contributed by atoms with E-state index in [1.807, 2.05) is 32.2 Å². The molecule has 0 amide bonds. The van der Waals surface area contributed by atoms with Crippen molar-refractivity contribution in [2.24, 2.45) is 0 Å². The van der Waals surface area contributed by atoms with E-state index in [0.29, 0.717) is 11.7 Å². The van der Waals surface area contributed by atoms with Crippen molar-refractivity contribution in [3.05, 3.63) is 63.3 Å². The molecule has 1 heterocycles. The minimum absolute atomic E-state index is 0.0810. The van der Waals surface area contributed by atoms with Gasteiger partial charge in [-0.25, -0.2) is 0 Å². The largest absolute Gasteiger partial charge is 0.455 e. The maximum Gasteiger partial charge on any atom is 0.270 e. The fraction of sp³-hybridized carbons (Fsp3) is 0.263. The summed E-state index contributed by atoms with van der Waals surface area (Å²) in [5.41, 5.74) is 3.76. The molecule has 0 fully saturated rings. The molecule has 0 saturated heterocycles. The van der Waals surface area contributed by atoms with Crippen LogP contribution in [-0.2, 0) is 0 Å². The van der Waals surface area contributed by atoms with Crippen LogP contribution >= 0.6 is 0 Å². The first-order chi connectivity index (χ1) is 11.4. The Morgan fingerprint density at radius 1 is 1.17 bits per heavy atom. The van der Waals surface area contributed by atoms with E-state index < -0.39 is 0 Å². The summed E-state index contributed by atoms with van der Waals surface area (Å²) in [5.74, 6) is 1.80. The molecule has 0 unspecified atom stereocenters. The van der Waals surface area contributed by atoms with Gasteiger partial charge in [-0.15, -0.1) is 0 Å². The van der Waals surface area contributed by atoms with E-state index in [-0.39, 0.29) is 10.6 Å². The number of ether oxygens (including phenoxy) is 1. The van der Waals surface area contributed by atoms with Crippen LogP contribution in [0, 0.1) is 24.0 Å². The van der Waals surface area contributed by atoms with Crippen LogP contribution in [0.15, 0.2) is 36.5 Å². The van der Waals surface area contributed by atoms with Gasteiger partial charge >= 0.3 is 0 Å². The Bertz CT molecular complexity index is 903. The molecule has 3 rings (SSSR count). The number of aryl methyl sites for hydroxylation is 2. The molecule has 0 radical (unpaired) electrons. The average molecular weight is 324 g/mol. The number of nitro benzene ring substituents is 1. The van der Waals surface area contributed by atoms with Crippen molar-refractivity contribution in [2.45, 2.75) is 33.6 Å². The molecule has 3 aromatic rings. The van der Waals surface area contributed by atoms with Crippen molar-refractivity contribution < 1.29 is 9.66 Å². The number of benzene rings is 2. The Labute approximate surface area is 140 Å². The Hall–Kier alpha value is -2.82. The normalized spacial score (nSPS) is 11.2. The number of rotatable bonds is 4. The number of non-ortho nitro benzene ring substituents is 1. The number of nitro groups is 1. The SMILES string of the molecule is Cc1cc([N+](=O)[O-])cc(C)c1Oc1cccc2c(C(C)C)c[nH]c12. The summed E-state index contributed by atoms with van der Waals surface area (Å²) in [5, 5.41) is 12.1. The smallest absolute Gasteiger partial charge is 0.270 e. The Morgan fingerprint density at radius 2 is 1.83 bits per heavy atom. The standard InChI is InChI=1S/C19H20N2O3/c1-11(2)16-10-20-18-15(16)6-5-7-17(18)24-19-12(3)8-14(21(22)23)9-13(19)4/h5-11,20H,1-4H3. The number of aromatic nitrogens is 1. The maximum absolute atomic E-state index is 11.0. The third kappa shape index (κ3) is 2.73. The van der Waals surface area contributed by atoms with Crippen molar-refractivity contribution in [3.8, 4) is 11.5 Å². The van der Waals surface area contributed by atoms with Gasteiger partial charge in [0.15, 0.2) is 5.75 Å². The number of H-pyrrole nitrogens is 1. The molecule has 0 aliphatic heterocycles. The number of para-hydroxylation sites is 1. The van der Waals surface area contributed by atoms with Gasteiger partial charge in [-0.05, 0) is 42.5 Å². The molecule has 0 saturated carbocycles. The summed E-state index contributed by atoms with van der Waals surface area (Å²) in [6, 6.07) is 9.02. The minimum atomic E-state index is -0.385. The molecule has 1 N–H and O–H groups in total. The second-order valence-corrected chi connectivity index (χ2v) is 6.35. The van der Waals surface area contributed by atoms with E-state index in [2.05, 4.69) is 24.9 Å². The fourth-order valence-electron chi connectivity index (χ4n) is 3.01. The van der Waals surface area contributed by atoms with Crippen LogP contribution in [-0.4, -0.2) is 9.91 Å². The Morgan fingerprint density at radius 3 is 2.42 bits per heavy atom. The molecule has 5 heteroatoms. The van der Waals surface area contributed by atoms with Gasteiger partial charge in [-0.3, -0.25) is 10.1 Å². The predicted molar refractivity (Wildman–Crippen MR) is 95.0 cm³/mol. The molecule has 1 aromatic heterocycles. The lowest BCUT2D eigenvalue weighted by atomic mass is 10.0. The fourth-order valence-corrected chi connectivity index (χ4v) is 3.01. The highest BCUT2D eigenvalue weighted by atomic mass is 16.6. The number of nitrogens with zero attached hydrogens (tertiary/aromatic N) is 1. The van der Waals surface area contributed by atoms with E-state index in [0.717, 1.165) is 27.8 Å². The maximum atomic E-state index is 11.0. The summed E-state index contributed by atoms with van der Waals surface area (Å²) in [7, 11) is 0. The molecule has 0 aliphatic carbocycles. The summed E-state index contributed by atoms with van der Waals surface area (Å²) in [4.78, 5) is 13.9. The zero-order valence-electron chi connectivity index (χ0n) is 14.2. The predicted octanol–water partition coefficient (Wildman–Crippen LogP) is 5.61. The molecule has 0 bridgehead atoms. The van der Waals surface area contributed by atoms with Crippen LogP contribution in [0.1, 0.15) is 36.5 Å². The van der Waals surface area contributed by atoms with Gasteiger partial charge in [-0.2, -0.15) is 0 Å². The zero-order valence-corrected chi connectivity index (χ0v) is 14.2. The van der Waals surface area contributed by atoms with Gasteiger partial charge in [0.2, 0.25) is 0 Å². The number of hydrogen-bond acceptors (Lipinski definition) is 3. The van der Waals surface area contributed by atoms with Gasteiger partial charge in [0.05, 0.1) is 10.4 Å². The number of nitrogens with one attached hydrogen (secondary N) is 1. The van der Waals surface area contributed by atoms with Crippen LogP contribution in [0.2, 0.25) is 0 Å². The van der Waals surface area contributed by atoms with Crippen molar-refractivity contribution in [2.75, 3.05) is 0 Å². The summed E-state index contributed by atoms with van der Waals surface area (Å²) in [6.07, 6.45) is 2.01. The summed E-state index contributed by atoms with van der Waals surface area (Å²) in [6.45, 7) is 7.95. The van der Waals surface area contributed by atoms with Gasteiger partial charge in [0.1, 0.15) is 5.75 Å². The summed E-state index contributed by atoms with van der Waals surface area (Å²) < 4.78 is 6.13. The van der Waals surface area contributed by atoms with Crippen LogP contribution in [0.4, 0.5) is 5.69 Å². The van der Waals surface area contributed by atoms with E-state index in [1.165, 1.54) is 17.7 Å². The number of aromatic amines is 1. The third-order valence-corrected chi connectivity index (χ3v) is 4.20. The van der Waals surface area contributed by atoms with Crippen molar-refractivity contribution in [1.82, 2.24) is 4.98 Å². The molecular formula is C19H20N2O3. The number of hydrogen-bond donors (Lipinski definition) is 1. The molecule has 24 heavy (non-hydrogen) atoms. The van der Waals surface area contributed by atoms with Crippen LogP contribution in [0.5, 0.6) is 11.5 Å². The lowest BCUT2D eigenvalue weighted by molar-refractivity contribution is -0.385. The van der Waals surface area contributed by atoms with E-state index in [9.17, 15) is 10.1 Å². The first-order valence-corrected chi connectivity index (χ1v) is 7.92. The highest BCUT2D eigenvalue weighted by molar-refractivity contribution is 5.89.